The van der Waals surface area contributed by atoms with Crippen LogP contribution in [-0.2, 0) is 12.7 Å². The molecule has 0 aliphatic carbocycles. The van der Waals surface area contributed by atoms with Crippen LogP contribution in [0.15, 0.2) is 54.9 Å². The van der Waals surface area contributed by atoms with Crippen molar-refractivity contribution < 1.29 is 18.0 Å². The Morgan fingerprint density at radius 2 is 1.88 bits per heavy atom. The first-order chi connectivity index (χ1) is 12.3. The van der Waals surface area contributed by atoms with Crippen LogP contribution in [0.4, 0.5) is 19.1 Å². The van der Waals surface area contributed by atoms with Gasteiger partial charge in [-0.05, 0) is 36.8 Å². The minimum absolute atomic E-state index is 0.0857. The van der Waals surface area contributed by atoms with Crippen LogP contribution in [0.25, 0.3) is 0 Å². The highest BCUT2D eigenvalue weighted by molar-refractivity contribution is 6.03. The first kappa shape index (κ1) is 17.7. The lowest BCUT2D eigenvalue weighted by molar-refractivity contribution is -0.137. The first-order valence-corrected chi connectivity index (χ1v) is 7.75. The normalized spacial score (nSPS) is 11.4. The van der Waals surface area contributed by atoms with Crippen molar-refractivity contribution in [3.63, 3.8) is 0 Å². The van der Waals surface area contributed by atoms with Gasteiger partial charge in [0.1, 0.15) is 6.33 Å². The maximum absolute atomic E-state index is 12.8. The maximum Gasteiger partial charge on any atom is 0.416 e. The zero-order valence-corrected chi connectivity index (χ0v) is 13.8. The van der Waals surface area contributed by atoms with E-state index in [-0.39, 0.29) is 18.4 Å². The molecule has 5 nitrogen and oxygen atoms in total. The van der Waals surface area contributed by atoms with Crippen LogP contribution in [-0.4, -0.2) is 20.7 Å². The number of amides is 1. The summed E-state index contributed by atoms with van der Waals surface area (Å²) in [5.74, 6) is -0.274. The standard InChI is InChI=1S/C18H15F3N4O/c1-12-5-7-14(8-6-12)16(26)23-17-22-11-25(24-17)10-13-3-2-4-15(9-13)18(19,20)21/h2-9,11H,10H2,1H3,(H,23,24,26). The zero-order chi connectivity index (χ0) is 18.7. The number of carbonyl (C=O) groups is 1. The fourth-order valence-electron chi connectivity index (χ4n) is 2.34. The quantitative estimate of drug-likeness (QED) is 0.768. The second-order valence-electron chi connectivity index (χ2n) is 5.78. The van der Waals surface area contributed by atoms with Crippen molar-refractivity contribution in [2.45, 2.75) is 19.6 Å². The fraction of sp³-hybridized carbons (Fsp3) is 0.167. The summed E-state index contributed by atoms with van der Waals surface area (Å²) in [4.78, 5) is 16.1. The Kier molecular flexibility index (Phi) is 4.75. The van der Waals surface area contributed by atoms with Crippen LogP contribution in [0, 0.1) is 6.92 Å². The van der Waals surface area contributed by atoms with Gasteiger partial charge in [-0.25, -0.2) is 9.67 Å². The van der Waals surface area contributed by atoms with Gasteiger partial charge < -0.3 is 0 Å². The van der Waals surface area contributed by atoms with Crippen LogP contribution in [0.5, 0.6) is 0 Å². The molecule has 0 radical (unpaired) electrons. The maximum atomic E-state index is 12.8. The van der Waals surface area contributed by atoms with Crippen molar-refractivity contribution in [2.75, 3.05) is 5.32 Å². The predicted molar refractivity (Wildman–Crippen MR) is 89.7 cm³/mol. The topological polar surface area (TPSA) is 59.8 Å². The number of anilines is 1. The first-order valence-electron chi connectivity index (χ1n) is 7.75. The van der Waals surface area contributed by atoms with Crippen molar-refractivity contribution in [3.05, 3.63) is 77.1 Å². The van der Waals surface area contributed by atoms with E-state index in [1.807, 2.05) is 19.1 Å². The van der Waals surface area contributed by atoms with Gasteiger partial charge in [-0.1, -0.05) is 29.8 Å². The van der Waals surface area contributed by atoms with Crippen molar-refractivity contribution in [1.82, 2.24) is 14.8 Å². The molecule has 1 N–H and O–H groups in total. The molecule has 134 valence electrons. The summed E-state index contributed by atoms with van der Waals surface area (Å²) in [6.07, 6.45) is -3.05. The van der Waals surface area contributed by atoms with Crippen molar-refractivity contribution in [2.24, 2.45) is 0 Å². The van der Waals surface area contributed by atoms with E-state index < -0.39 is 11.7 Å². The Morgan fingerprint density at radius 1 is 1.15 bits per heavy atom. The van der Waals surface area contributed by atoms with Gasteiger partial charge >= 0.3 is 6.18 Å². The molecule has 1 amide bonds. The van der Waals surface area contributed by atoms with Gasteiger partial charge in [-0.2, -0.15) is 13.2 Å². The number of hydrogen-bond acceptors (Lipinski definition) is 3. The number of aryl methyl sites for hydroxylation is 1. The third-order valence-corrected chi connectivity index (χ3v) is 3.67. The SMILES string of the molecule is Cc1ccc(C(=O)Nc2ncn(Cc3cccc(C(F)(F)F)c3)n2)cc1. The largest absolute Gasteiger partial charge is 0.416 e. The van der Waals surface area contributed by atoms with E-state index in [0.717, 1.165) is 17.7 Å². The van der Waals surface area contributed by atoms with E-state index in [0.29, 0.717) is 11.1 Å². The van der Waals surface area contributed by atoms with Gasteiger partial charge in [0.05, 0.1) is 12.1 Å². The molecule has 3 aromatic rings. The van der Waals surface area contributed by atoms with E-state index in [2.05, 4.69) is 15.4 Å². The summed E-state index contributed by atoms with van der Waals surface area (Å²) < 4.78 is 39.6. The Bertz CT molecular complexity index is 917. The van der Waals surface area contributed by atoms with Crippen LogP contribution in [0.3, 0.4) is 0 Å². The summed E-state index contributed by atoms with van der Waals surface area (Å²) in [5, 5.41) is 6.63. The van der Waals surface area contributed by atoms with Crippen molar-refractivity contribution in [1.29, 1.82) is 0 Å². The van der Waals surface area contributed by atoms with E-state index in [1.165, 1.54) is 17.1 Å². The highest BCUT2D eigenvalue weighted by Gasteiger charge is 2.30. The Labute approximate surface area is 147 Å². The van der Waals surface area contributed by atoms with Gasteiger partial charge in [-0.15, -0.1) is 5.10 Å². The monoisotopic (exact) mass is 360 g/mol. The molecular formula is C18H15F3N4O. The zero-order valence-electron chi connectivity index (χ0n) is 13.8. The van der Waals surface area contributed by atoms with Gasteiger partial charge in [0, 0.05) is 5.56 Å². The van der Waals surface area contributed by atoms with Crippen LogP contribution in [0.2, 0.25) is 0 Å². The highest BCUT2D eigenvalue weighted by atomic mass is 19.4. The van der Waals surface area contributed by atoms with E-state index in [9.17, 15) is 18.0 Å². The number of hydrogen-bond donors (Lipinski definition) is 1. The molecular weight excluding hydrogens is 345 g/mol. The molecule has 3 rings (SSSR count). The average molecular weight is 360 g/mol. The molecule has 0 spiro atoms. The molecule has 0 saturated heterocycles. The third-order valence-electron chi connectivity index (χ3n) is 3.67. The summed E-state index contributed by atoms with van der Waals surface area (Å²) in [5.41, 5.74) is 1.21. The highest BCUT2D eigenvalue weighted by Crippen LogP contribution is 2.29. The predicted octanol–water partition coefficient (Wildman–Crippen LogP) is 3.91. The molecule has 8 heteroatoms. The molecule has 0 aliphatic heterocycles. The van der Waals surface area contributed by atoms with Crippen LogP contribution < -0.4 is 5.32 Å². The minimum Gasteiger partial charge on any atom is -0.289 e. The lowest BCUT2D eigenvalue weighted by atomic mass is 10.1. The van der Waals surface area contributed by atoms with Crippen molar-refractivity contribution >= 4 is 11.9 Å². The lowest BCUT2D eigenvalue weighted by Crippen LogP contribution is -2.13. The number of alkyl halides is 3. The number of nitrogens with one attached hydrogen (secondary N) is 1. The van der Waals surface area contributed by atoms with Gasteiger partial charge in [0.15, 0.2) is 0 Å². The van der Waals surface area contributed by atoms with E-state index in [1.54, 1.807) is 18.2 Å². The summed E-state index contributed by atoms with van der Waals surface area (Å²) >= 11 is 0. The van der Waals surface area contributed by atoms with Gasteiger partial charge in [0.2, 0.25) is 5.95 Å². The Morgan fingerprint density at radius 3 is 2.58 bits per heavy atom. The third kappa shape index (κ3) is 4.27. The van der Waals surface area contributed by atoms with Gasteiger partial charge in [0.25, 0.3) is 5.91 Å². The Hall–Kier alpha value is -3.16. The number of benzene rings is 2. The molecule has 0 bridgehead atoms. The fourth-order valence-corrected chi connectivity index (χ4v) is 2.34. The van der Waals surface area contributed by atoms with Crippen molar-refractivity contribution in [3.8, 4) is 0 Å². The molecule has 2 aromatic carbocycles. The summed E-state index contributed by atoms with van der Waals surface area (Å²) in [6.45, 7) is 2.02. The average Bonchev–Trinajstić information content (AvgIpc) is 3.02. The molecule has 0 unspecified atom stereocenters. The molecule has 26 heavy (non-hydrogen) atoms. The number of carbonyl (C=O) groups excluding carboxylic acids is 1. The number of halogens is 3. The molecule has 1 heterocycles. The minimum atomic E-state index is -4.40. The molecule has 0 saturated carbocycles. The second-order valence-corrected chi connectivity index (χ2v) is 5.78. The molecule has 0 fully saturated rings. The number of rotatable bonds is 4. The smallest absolute Gasteiger partial charge is 0.289 e. The van der Waals surface area contributed by atoms with E-state index in [4.69, 9.17) is 0 Å². The lowest BCUT2D eigenvalue weighted by Gasteiger charge is -2.08. The molecule has 0 aliphatic rings. The molecule has 0 atom stereocenters. The number of aromatic nitrogens is 3. The van der Waals surface area contributed by atoms with E-state index >= 15 is 0 Å². The molecule has 1 aromatic heterocycles. The second kappa shape index (κ2) is 6.99. The van der Waals surface area contributed by atoms with Gasteiger partial charge in [-0.3, -0.25) is 10.1 Å². The Balaban J connectivity index is 1.68. The summed E-state index contributed by atoms with van der Waals surface area (Å²) in [6, 6.07) is 12.0. The van der Waals surface area contributed by atoms with Crippen LogP contribution >= 0.6 is 0 Å². The number of nitrogens with zero attached hydrogens (tertiary/aromatic N) is 3. The van der Waals surface area contributed by atoms with Crippen LogP contribution in [0.1, 0.15) is 27.0 Å². The summed E-state index contributed by atoms with van der Waals surface area (Å²) in [7, 11) is 0.